The van der Waals surface area contributed by atoms with Gasteiger partial charge in [-0.05, 0) is 28.1 Å². The van der Waals surface area contributed by atoms with Crippen LogP contribution in [0, 0.1) is 0 Å². The Hall–Kier alpha value is -0.340. The summed E-state index contributed by atoms with van der Waals surface area (Å²) >= 11 is 10.0. The zero-order valence-electron chi connectivity index (χ0n) is 8.31. The van der Waals surface area contributed by atoms with Crippen LogP contribution in [0.15, 0.2) is 37.1 Å². The Morgan fingerprint density at radius 3 is 2.82 bits per heavy atom. The molecule has 2 heterocycles. The molecule has 92 valence electrons. The maximum Gasteiger partial charge on any atom is 0.250 e. The van der Waals surface area contributed by atoms with Crippen molar-refractivity contribution < 1.29 is 12.8 Å². The van der Waals surface area contributed by atoms with E-state index in [0.717, 1.165) is 16.9 Å². The van der Waals surface area contributed by atoms with E-state index in [1.165, 1.54) is 18.6 Å². The van der Waals surface area contributed by atoms with E-state index in [1.54, 1.807) is 6.07 Å². The van der Waals surface area contributed by atoms with Gasteiger partial charge in [-0.25, -0.2) is 13.1 Å². The maximum atomic E-state index is 11.9. The van der Waals surface area contributed by atoms with Gasteiger partial charge in [-0.15, -0.1) is 11.3 Å². The maximum absolute atomic E-state index is 11.9. The van der Waals surface area contributed by atoms with Crippen LogP contribution in [0.1, 0.15) is 5.56 Å². The molecule has 0 aliphatic heterocycles. The minimum Gasteiger partial charge on any atom is -0.472 e. The summed E-state index contributed by atoms with van der Waals surface area (Å²) in [6.07, 6.45) is 2.97. The Morgan fingerprint density at radius 1 is 1.53 bits per heavy atom. The van der Waals surface area contributed by atoms with Crippen LogP contribution in [0.4, 0.5) is 0 Å². The van der Waals surface area contributed by atoms with E-state index in [4.69, 9.17) is 16.0 Å². The number of thiophene rings is 1. The lowest BCUT2D eigenvalue weighted by Gasteiger charge is -2.01. The molecule has 17 heavy (non-hydrogen) atoms. The minimum absolute atomic E-state index is 0.179. The van der Waals surface area contributed by atoms with Gasteiger partial charge in [-0.3, -0.25) is 0 Å². The molecule has 0 atom stereocenters. The Labute approximate surface area is 116 Å². The lowest BCUT2D eigenvalue weighted by Crippen LogP contribution is -2.22. The molecule has 0 saturated heterocycles. The van der Waals surface area contributed by atoms with Crippen LogP contribution in [0.25, 0.3) is 0 Å². The molecule has 1 N–H and O–H groups in total. The molecule has 0 bridgehead atoms. The van der Waals surface area contributed by atoms with Gasteiger partial charge in [-0.2, -0.15) is 0 Å². The van der Waals surface area contributed by atoms with Crippen LogP contribution in [0.5, 0.6) is 0 Å². The molecule has 2 aromatic rings. The van der Waals surface area contributed by atoms with Crippen molar-refractivity contribution in [2.45, 2.75) is 10.8 Å². The van der Waals surface area contributed by atoms with Gasteiger partial charge in [-0.1, -0.05) is 11.6 Å². The third-order valence-electron chi connectivity index (χ3n) is 1.93. The van der Waals surface area contributed by atoms with Crippen molar-refractivity contribution in [3.8, 4) is 0 Å². The van der Waals surface area contributed by atoms with Crippen LogP contribution in [0.2, 0.25) is 5.02 Å². The SMILES string of the molecule is O=S(=O)(NCc1ccoc1)c1cc(Cl)c(Br)s1. The summed E-state index contributed by atoms with van der Waals surface area (Å²) in [4.78, 5) is 0. The highest BCUT2D eigenvalue weighted by atomic mass is 79.9. The largest absolute Gasteiger partial charge is 0.472 e. The van der Waals surface area contributed by atoms with Crippen LogP contribution in [-0.2, 0) is 16.6 Å². The highest BCUT2D eigenvalue weighted by molar-refractivity contribution is 9.11. The Morgan fingerprint density at radius 2 is 2.29 bits per heavy atom. The molecule has 0 aliphatic carbocycles. The average molecular weight is 357 g/mol. The van der Waals surface area contributed by atoms with E-state index in [1.807, 2.05) is 0 Å². The topological polar surface area (TPSA) is 59.3 Å². The van der Waals surface area contributed by atoms with E-state index >= 15 is 0 Å². The standard InChI is InChI=1S/C9H7BrClNO3S2/c10-9-7(11)3-8(16-9)17(13,14)12-4-6-1-2-15-5-6/h1-3,5,12H,4H2. The van der Waals surface area contributed by atoms with Gasteiger partial charge in [0, 0.05) is 12.1 Å². The smallest absolute Gasteiger partial charge is 0.250 e. The molecular weight excluding hydrogens is 350 g/mol. The van der Waals surface area contributed by atoms with Crippen molar-refractivity contribution in [3.05, 3.63) is 39.0 Å². The van der Waals surface area contributed by atoms with E-state index in [2.05, 4.69) is 20.7 Å². The second-order valence-corrected chi connectivity index (χ2v) is 7.91. The fourth-order valence-electron chi connectivity index (χ4n) is 1.10. The molecule has 0 amide bonds. The van der Waals surface area contributed by atoms with Crippen molar-refractivity contribution in [1.82, 2.24) is 4.72 Å². The zero-order valence-corrected chi connectivity index (χ0v) is 12.3. The number of nitrogens with one attached hydrogen (secondary N) is 1. The molecule has 0 saturated carbocycles. The van der Waals surface area contributed by atoms with E-state index < -0.39 is 10.0 Å². The van der Waals surface area contributed by atoms with Gasteiger partial charge in [0.25, 0.3) is 0 Å². The fourth-order valence-corrected chi connectivity index (χ4v) is 4.56. The quantitative estimate of drug-likeness (QED) is 0.915. The molecule has 2 aromatic heterocycles. The summed E-state index contributed by atoms with van der Waals surface area (Å²) in [7, 11) is -3.53. The van der Waals surface area contributed by atoms with Crippen LogP contribution < -0.4 is 4.72 Å². The first kappa shape index (κ1) is 13.1. The normalized spacial score (nSPS) is 11.9. The number of furan rings is 1. The highest BCUT2D eigenvalue weighted by Gasteiger charge is 2.18. The Bertz CT molecular complexity index is 587. The first-order valence-corrected chi connectivity index (χ1v) is 7.91. The summed E-state index contributed by atoms with van der Waals surface area (Å²) in [5.41, 5.74) is 0.760. The highest BCUT2D eigenvalue weighted by Crippen LogP contribution is 2.34. The summed E-state index contributed by atoms with van der Waals surface area (Å²) in [5.74, 6) is 0. The van der Waals surface area contributed by atoms with Crippen molar-refractivity contribution >= 4 is 48.9 Å². The molecule has 0 unspecified atom stereocenters. The van der Waals surface area contributed by atoms with E-state index in [-0.39, 0.29) is 10.8 Å². The van der Waals surface area contributed by atoms with Crippen molar-refractivity contribution in [2.24, 2.45) is 0 Å². The van der Waals surface area contributed by atoms with Gasteiger partial charge in [0.2, 0.25) is 10.0 Å². The van der Waals surface area contributed by atoms with Crippen LogP contribution >= 0.6 is 38.9 Å². The second kappa shape index (κ2) is 5.11. The number of halogens is 2. The first-order chi connectivity index (χ1) is 7.99. The van der Waals surface area contributed by atoms with Crippen molar-refractivity contribution in [3.63, 3.8) is 0 Å². The second-order valence-electron chi connectivity index (χ2n) is 3.14. The fraction of sp³-hybridized carbons (Fsp3) is 0.111. The number of hydrogen-bond donors (Lipinski definition) is 1. The molecule has 2 rings (SSSR count). The lowest BCUT2D eigenvalue weighted by molar-refractivity contribution is 0.561. The summed E-state index contributed by atoms with van der Waals surface area (Å²) < 4.78 is 31.9. The summed E-state index contributed by atoms with van der Waals surface area (Å²) in [5, 5.41) is 0.388. The van der Waals surface area contributed by atoms with E-state index in [0.29, 0.717) is 8.81 Å². The summed E-state index contributed by atoms with van der Waals surface area (Å²) in [6, 6.07) is 3.11. The molecule has 8 heteroatoms. The predicted octanol–water partition coefficient (Wildman–Crippen LogP) is 3.24. The number of rotatable bonds is 4. The average Bonchev–Trinajstić information content (AvgIpc) is 2.87. The monoisotopic (exact) mass is 355 g/mol. The first-order valence-electron chi connectivity index (χ1n) is 4.44. The zero-order chi connectivity index (χ0) is 12.5. The molecule has 0 aliphatic rings. The van der Waals surface area contributed by atoms with Gasteiger partial charge < -0.3 is 4.42 Å². The molecule has 0 radical (unpaired) electrons. The molecule has 4 nitrogen and oxygen atoms in total. The molecule has 0 spiro atoms. The Balaban J connectivity index is 2.14. The number of sulfonamides is 1. The van der Waals surface area contributed by atoms with Crippen molar-refractivity contribution in [2.75, 3.05) is 0 Å². The van der Waals surface area contributed by atoms with Gasteiger partial charge in [0.15, 0.2) is 0 Å². The van der Waals surface area contributed by atoms with Crippen LogP contribution in [-0.4, -0.2) is 8.42 Å². The van der Waals surface area contributed by atoms with Crippen molar-refractivity contribution in [1.29, 1.82) is 0 Å². The van der Waals surface area contributed by atoms with E-state index in [9.17, 15) is 8.42 Å². The molecule has 0 aromatic carbocycles. The molecule has 0 fully saturated rings. The lowest BCUT2D eigenvalue weighted by atomic mass is 10.4. The molecular formula is C9H7BrClNO3S2. The predicted molar refractivity (Wildman–Crippen MR) is 69.8 cm³/mol. The van der Waals surface area contributed by atoms with Gasteiger partial charge >= 0.3 is 0 Å². The minimum atomic E-state index is -3.53. The van der Waals surface area contributed by atoms with Gasteiger partial charge in [0.1, 0.15) is 4.21 Å². The third-order valence-corrected chi connectivity index (χ3v) is 6.28. The Kier molecular flexibility index (Phi) is 3.94. The van der Waals surface area contributed by atoms with Gasteiger partial charge in [0.05, 0.1) is 21.3 Å². The number of hydrogen-bond acceptors (Lipinski definition) is 4. The van der Waals surface area contributed by atoms with Crippen LogP contribution in [0.3, 0.4) is 0 Å². The summed E-state index contributed by atoms with van der Waals surface area (Å²) in [6.45, 7) is 0.186. The third kappa shape index (κ3) is 3.11.